The SMILES string of the molecule is CN(C)S(O)(O)C1=Cc2[nH]c(CCl)nc2C=CC1. The molecule has 0 saturated heterocycles. The molecular weight excluding hydrogens is 274 g/mol. The van der Waals surface area contributed by atoms with E-state index in [4.69, 9.17) is 11.6 Å². The van der Waals surface area contributed by atoms with Crippen LogP contribution in [-0.4, -0.2) is 37.5 Å². The summed E-state index contributed by atoms with van der Waals surface area (Å²) < 4.78 is 21.7. The predicted octanol–water partition coefficient (Wildman–Crippen LogP) is 3.13. The van der Waals surface area contributed by atoms with Crippen molar-refractivity contribution < 1.29 is 9.11 Å². The summed E-state index contributed by atoms with van der Waals surface area (Å²) >= 11 is 5.72. The maximum Gasteiger partial charge on any atom is 0.122 e. The van der Waals surface area contributed by atoms with Gasteiger partial charge in [-0.15, -0.1) is 22.4 Å². The van der Waals surface area contributed by atoms with Crippen molar-refractivity contribution in [1.82, 2.24) is 14.3 Å². The van der Waals surface area contributed by atoms with Gasteiger partial charge in [0, 0.05) is 20.5 Å². The number of nitrogens with one attached hydrogen (secondary N) is 1. The standard InChI is InChI=1S/C11H16ClN3O2S/c1-15(2)18(16,17)8-4-3-5-9-10(6-8)14-11(7-12)13-9/h3,5-6,16-17H,4,7H2,1-2H3,(H,13,14). The fourth-order valence-corrected chi connectivity index (χ4v) is 2.88. The zero-order valence-corrected chi connectivity index (χ0v) is 11.8. The third kappa shape index (κ3) is 2.48. The van der Waals surface area contributed by atoms with E-state index >= 15 is 0 Å². The van der Waals surface area contributed by atoms with Crippen molar-refractivity contribution in [2.45, 2.75) is 12.3 Å². The minimum Gasteiger partial charge on any atom is -0.341 e. The van der Waals surface area contributed by atoms with E-state index in [0.29, 0.717) is 23.0 Å². The summed E-state index contributed by atoms with van der Waals surface area (Å²) in [5.41, 5.74) is 1.53. The van der Waals surface area contributed by atoms with Gasteiger partial charge in [0.05, 0.1) is 22.2 Å². The molecule has 0 unspecified atom stereocenters. The summed E-state index contributed by atoms with van der Waals surface area (Å²) in [6, 6.07) is 0. The first-order valence-corrected chi connectivity index (χ1v) is 7.46. The number of aromatic nitrogens is 2. The number of fused-ring (bicyclic) bond motifs is 1. The molecule has 1 aliphatic rings. The molecule has 100 valence electrons. The van der Waals surface area contributed by atoms with Crippen LogP contribution >= 0.6 is 22.4 Å². The fraction of sp³-hybridized carbons (Fsp3) is 0.364. The number of halogens is 1. The Morgan fingerprint density at radius 1 is 1.50 bits per heavy atom. The zero-order valence-electron chi connectivity index (χ0n) is 10.2. The number of hydrogen-bond acceptors (Lipinski definition) is 4. The molecule has 3 N–H and O–H groups in total. The zero-order chi connectivity index (χ0) is 13.3. The molecule has 0 saturated carbocycles. The predicted molar refractivity (Wildman–Crippen MR) is 76.3 cm³/mol. The summed E-state index contributed by atoms with van der Waals surface area (Å²) in [6.07, 6.45) is 5.96. The van der Waals surface area contributed by atoms with Crippen LogP contribution in [0.5, 0.6) is 0 Å². The van der Waals surface area contributed by atoms with Crippen molar-refractivity contribution in [3.63, 3.8) is 0 Å². The molecule has 2 rings (SSSR count). The van der Waals surface area contributed by atoms with Crippen LogP contribution in [-0.2, 0) is 5.88 Å². The van der Waals surface area contributed by atoms with E-state index in [2.05, 4.69) is 9.97 Å². The maximum atomic E-state index is 10.1. The summed E-state index contributed by atoms with van der Waals surface area (Å²) in [4.78, 5) is 7.93. The molecule has 0 bridgehead atoms. The topological polar surface area (TPSA) is 72.4 Å². The number of allylic oxidation sites excluding steroid dienone is 2. The van der Waals surface area contributed by atoms with Gasteiger partial charge in [0.1, 0.15) is 5.82 Å². The molecule has 0 aliphatic heterocycles. The normalized spacial score (nSPS) is 16.4. The Hall–Kier alpha value is -0.790. The summed E-state index contributed by atoms with van der Waals surface area (Å²) in [5.74, 6) is 0.971. The maximum absolute atomic E-state index is 10.1. The van der Waals surface area contributed by atoms with Crippen LogP contribution in [0.15, 0.2) is 11.0 Å². The van der Waals surface area contributed by atoms with Gasteiger partial charge in [0.2, 0.25) is 0 Å². The molecule has 0 atom stereocenters. The van der Waals surface area contributed by atoms with E-state index in [9.17, 15) is 9.11 Å². The van der Waals surface area contributed by atoms with Gasteiger partial charge in [0.25, 0.3) is 0 Å². The monoisotopic (exact) mass is 289 g/mol. The Kier molecular flexibility index (Phi) is 3.84. The van der Waals surface area contributed by atoms with Gasteiger partial charge in [-0.2, -0.15) is 0 Å². The van der Waals surface area contributed by atoms with Crippen molar-refractivity contribution in [1.29, 1.82) is 0 Å². The van der Waals surface area contributed by atoms with Crippen molar-refractivity contribution in [2.75, 3.05) is 14.1 Å². The van der Waals surface area contributed by atoms with Gasteiger partial charge in [-0.05, 0) is 12.2 Å². The minimum atomic E-state index is -2.90. The number of hydrogen-bond donors (Lipinski definition) is 3. The number of nitrogens with zero attached hydrogens (tertiary/aromatic N) is 2. The second kappa shape index (κ2) is 5.07. The molecule has 1 aromatic rings. The largest absolute Gasteiger partial charge is 0.341 e. The van der Waals surface area contributed by atoms with E-state index in [-0.39, 0.29) is 0 Å². The van der Waals surface area contributed by atoms with Gasteiger partial charge in [-0.1, -0.05) is 6.08 Å². The lowest BCUT2D eigenvalue weighted by atomic mass is 10.3. The van der Waals surface area contributed by atoms with Gasteiger partial charge in [0.15, 0.2) is 0 Å². The van der Waals surface area contributed by atoms with Gasteiger partial charge >= 0.3 is 0 Å². The second-order valence-electron chi connectivity index (χ2n) is 4.16. The Morgan fingerprint density at radius 3 is 2.83 bits per heavy atom. The highest BCUT2D eigenvalue weighted by atomic mass is 35.5. The number of alkyl halides is 1. The van der Waals surface area contributed by atoms with Crippen LogP contribution in [0.3, 0.4) is 0 Å². The number of imidazole rings is 1. The average molecular weight is 290 g/mol. The number of H-pyrrole nitrogens is 1. The summed E-state index contributed by atoms with van der Waals surface area (Å²) in [6.45, 7) is 0. The highest BCUT2D eigenvalue weighted by molar-refractivity contribution is 8.25. The molecule has 0 radical (unpaired) electrons. The van der Waals surface area contributed by atoms with E-state index in [1.807, 2.05) is 12.2 Å². The molecular formula is C11H16ClN3O2S. The lowest BCUT2D eigenvalue weighted by Gasteiger charge is -2.39. The Bertz CT molecular complexity index is 508. The third-order valence-corrected chi connectivity index (χ3v) is 4.96. The average Bonchev–Trinajstić information content (AvgIpc) is 2.60. The first-order chi connectivity index (χ1) is 8.45. The molecule has 5 nitrogen and oxygen atoms in total. The van der Waals surface area contributed by atoms with Gasteiger partial charge in [-0.25, -0.2) is 9.29 Å². The van der Waals surface area contributed by atoms with Gasteiger partial charge in [-0.3, -0.25) is 9.11 Å². The lowest BCUT2D eigenvalue weighted by Crippen LogP contribution is -2.19. The number of aromatic amines is 1. The highest BCUT2D eigenvalue weighted by Crippen LogP contribution is 2.52. The quantitative estimate of drug-likeness (QED) is 0.748. The molecule has 1 aromatic heterocycles. The molecule has 1 heterocycles. The molecule has 1 aliphatic carbocycles. The van der Waals surface area contributed by atoms with Crippen molar-refractivity contribution in [3.8, 4) is 0 Å². The first-order valence-electron chi connectivity index (χ1n) is 5.43. The van der Waals surface area contributed by atoms with E-state index in [0.717, 1.165) is 11.4 Å². The smallest absolute Gasteiger partial charge is 0.122 e. The van der Waals surface area contributed by atoms with Crippen molar-refractivity contribution >= 4 is 34.5 Å². The van der Waals surface area contributed by atoms with Crippen LogP contribution in [0.1, 0.15) is 23.6 Å². The summed E-state index contributed by atoms with van der Waals surface area (Å²) in [7, 11) is 0.382. The van der Waals surface area contributed by atoms with Crippen LogP contribution in [0.4, 0.5) is 0 Å². The highest BCUT2D eigenvalue weighted by Gasteiger charge is 2.22. The molecule has 18 heavy (non-hydrogen) atoms. The molecule has 0 spiro atoms. The van der Waals surface area contributed by atoms with Crippen molar-refractivity contribution in [3.05, 3.63) is 28.2 Å². The molecule has 7 heteroatoms. The van der Waals surface area contributed by atoms with Crippen LogP contribution < -0.4 is 0 Å². The Morgan fingerprint density at radius 2 is 2.22 bits per heavy atom. The van der Waals surface area contributed by atoms with Crippen molar-refractivity contribution in [2.24, 2.45) is 0 Å². The van der Waals surface area contributed by atoms with Crippen LogP contribution in [0.25, 0.3) is 12.2 Å². The van der Waals surface area contributed by atoms with Crippen LogP contribution in [0.2, 0.25) is 0 Å². The van der Waals surface area contributed by atoms with E-state index < -0.39 is 10.8 Å². The Balaban J connectivity index is 2.43. The molecule has 0 aromatic carbocycles. The van der Waals surface area contributed by atoms with Crippen LogP contribution in [0, 0.1) is 0 Å². The molecule has 0 fully saturated rings. The summed E-state index contributed by atoms with van der Waals surface area (Å²) in [5, 5.41) is 0. The van der Waals surface area contributed by atoms with E-state index in [1.165, 1.54) is 4.31 Å². The minimum absolute atomic E-state index is 0.300. The van der Waals surface area contributed by atoms with E-state index in [1.54, 1.807) is 20.2 Å². The lowest BCUT2D eigenvalue weighted by molar-refractivity contribution is 0.422. The first kappa shape index (κ1) is 13.6. The molecule has 0 amide bonds. The third-order valence-electron chi connectivity index (χ3n) is 2.70. The fourth-order valence-electron chi connectivity index (χ4n) is 1.69. The Labute approximate surface area is 113 Å². The van der Waals surface area contributed by atoms with Gasteiger partial charge < -0.3 is 4.98 Å². The number of rotatable bonds is 3. The second-order valence-corrected chi connectivity index (χ2v) is 6.72.